The SMILES string of the molecule is C[C@]12CC[C@H]3[C@@H](CCC4=C[C@@H](OCCCN)CC[C@@]43C)[C@H]1CC[C@@H]2c1ccoc1. The summed E-state index contributed by atoms with van der Waals surface area (Å²) < 4.78 is 11.6. The number of hydrogen-bond acceptors (Lipinski definition) is 3. The zero-order chi connectivity index (χ0) is 20.1. The lowest BCUT2D eigenvalue weighted by molar-refractivity contribution is -0.0502. The van der Waals surface area contributed by atoms with Crippen LogP contribution in [0.25, 0.3) is 0 Å². The predicted octanol–water partition coefficient (Wildman–Crippen LogP) is 6.06. The van der Waals surface area contributed by atoms with Crippen LogP contribution in [0.15, 0.2) is 34.7 Å². The molecular weight excluding hydrogens is 358 g/mol. The Morgan fingerprint density at radius 2 is 2.00 bits per heavy atom. The van der Waals surface area contributed by atoms with Crippen LogP contribution >= 0.6 is 0 Å². The summed E-state index contributed by atoms with van der Waals surface area (Å²) in [6, 6.07) is 2.22. The van der Waals surface area contributed by atoms with Crippen LogP contribution in [0.2, 0.25) is 0 Å². The van der Waals surface area contributed by atoms with Gasteiger partial charge in [-0.05, 0) is 110 Å². The largest absolute Gasteiger partial charge is 0.472 e. The number of allylic oxidation sites excluding steroid dienone is 1. The molecule has 3 nitrogen and oxygen atoms in total. The normalized spacial score (nSPS) is 44.0. The predicted molar refractivity (Wildman–Crippen MR) is 117 cm³/mol. The summed E-state index contributed by atoms with van der Waals surface area (Å²) in [5, 5.41) is 0. The summed E-state index contributed by atoms with van der Waals surface area (Å²) in [4.78, 5) is 0. The molecular formula is C26H39NO2. The summed E-state index contributed by atoms with van der Waals surface area (Å²) >= 11 is 0. The van der Waals surface area contributed by atoms with Crippen molar-refractivity contribution in [3.8, 4) is 0 Å². The third-order valence-corrected chi connectivity index (χ3v) is 9.70. The van der Waals surface area contributed by atoms with Crippen molar-refractivity contribution in [2.24, 2.45) is 34.3 Å². The first-order valence-corrected chi connectivity index (χ1v) is 12.1. The number of hydrogen-bond donors (Lipinski definition) is 1. The molecule has 1 heterocycles. The number of rotatable bonds is 5. The molecule has 0 aliphatic heterocycles. The topological polar surface area (TPSA) is 48.4 Å². The summed E-state index contributed by atoms with van der Waals surface area (Å²) in [5.74, 6) is 3.36. The number of ether oxygens (including phenoxy) is 1. The molecule has 3 fully saturated rings. The monoisotopic (exact) mass is 397 g/mol. The van der Waals surface area contributed by atoms with E-state index < -0.39 is 0 Å². The van der Waals surface area contributed by atoms with E-state index in [0.29, 0.717) is 22.9 Å². The van der Waals surface area contributed by atoms with Crippen molar-refractivity contribution in [1.29, 1.82) is 0 Å². The second-order valence-electron chi connectivity index (χ2n) is 10.8. The maximum absolute atomic E-state index is 6.13. The van der Waals surface area contributed by atoms with E-state index in [1.165, 1.54) is 56.9 Å². The van der Waals surface area contributed by atoms with Crippen LogP contribution in [0, 0.1) is 28.6 Å². The molecule has 1 aromatic heterocycles. The second-order valence-corrected chi connectivity index (χ2v) is 10.8. The highest BCUT2D eigenvalue weighted by Crippen LogP contribution is 2.68. The fourth-order valence-corrected chi connectivity index (χ4v) is 8.17. The average Bonchev–Trinajstić information content (AvgIpc) is 3.35. The van der Waals surface area contributed by atoms with Crippen LogP contribution in [0.1, 0.15) is 83.1 Å². The quantitative estimate of drug-likeness (QED) is 0.485. The zero-order valence-electron chi connectivity index (χ0n) is 18.4. The highest BCUT2D eigenvalue weighted by atomic mass is 16.5. The van der Waals surface area contributed by atoms with Gasteiger partial charge < -0.3 is 14.9 Å². The van der Waals surface area contributed by atoms with Crippen LogP contribution < -0.4 is 5.73 Å². The summed E-state index contributed by atoms with van der Waals surface area (Å²) in [5.41, 5.74) is 9.68. The Hall–Kier alpha value is -1.06. The van der Waals surface area contributed by atoms with E-state index in [1.807, 2.05) is 12.5 Å². The van der Waals surface area contributed by atoms with Crippen molar-refractivity contribution >= 4 is 0 Å². The van der Waals surface area contributed by atoms with Gasteiger partial charge in [0.05, 0.1) is 18.6 Å². The van der Waals surface area contributed by atoms with Crippen LogP contribution in [0.4, 0.5) is 0 Å². The van der Waals surface area contributed by atoms with Gasteiger partial charge in [-0.1, -0.05) is 25.5 Å². The van der Waals surface area contributed by atoms with Gasteiger partial charge in [0.25, 0.3) is 0 Å². The molecule has 5 rings (SSSR count). The molecule has 3 saturated carbocycles. The van der Waals surface area contributed by atoms with E-state index in [9.17, 15) is 0 Å². The lowest BCUT2D eigenvalue weighted by Crippen LogP contribution is -2.50. The first-order chi connectivity index (χ1) is 14.1. The van der Waals surface area contributed by atoms with Crippen molar-refractivity contribution in [3.63, 3.8) is 0 Å². The molecule has 1 aromatic rings. The lowest BCUT2D eigenvalue weighted by atomic mass is 9.46. The molecule has 7 atom stereocenters. The fraction of sp³-hybridized carbons (Fsp3) is 0.769. The molecule has 0 saturated heterocycles. The lowest BCUT2D eigenvalue weighted by Gasteiger charge is -2.58. The Labute approximate surface area is 176 Å². The van der Waals surface area contributed by atoms with Gasteiger partial charge in [0.15, 0.2) is 0 Å². The van der Waals surface area contributed by atoms with Crippen LogP contribution in [-0.2, 0) is 4.74 Å². The Morgan fingerprint density at radius 1 is 1.10 bits per heavy atom. The molecule has 4 aliphatic carbocycles. The van der Waals surface area contributed by atoms with Gasteiger partial charge in [0.1, 0.15) is 0 Å². The van der Waals surface area contributed by atoms with Gasteiger partial charge in [0, 0.05) is 6.61 Å². The van der Waals surface area contributed by atoms with Crippen LogP contribution in [0.3, 0.4) is 0 Å². The Balaban J connectivity index is 1.35. The van der Waals surface area contributed by atoms with Crippen molar-refractivity contribution in [3.05, 3.63) is 35.8 Å². The molecule has 3 heteroatoms. The van der Waals surface area contributed by atoms with E-state index in [2.05, 4.69) is 26.0 Å². The maximum Gasteiger partial charge on any atom is 0.0937 e. The van der Waals surface area contributed by atoms with Crippen molar-refractivity contribution in [2.45, 2.75) is 83.7 Å². The molecule has 0 bridgehead atoms. The van der Waals surface area contributed by atoms with E-state index in [0.717, 1.165) is 37.3 Å². The van der Waals surface area contributed by atoms with Gasteiger partial charge in [-0.25, -0.2) is 0 Å². The van der Waals surface area contributed by atoms with Gasteiger partial charge in [0.2, 0.25) is 0 Å². The minimum Gasteiger partial charge on any atom is -0.472 e. The Bertz CT molecular complexity index is 740. The van der Waals surface area contributed by atoms with Gasteiger partial charge in [-0.15, -0.1) is 0 Å². The standard InChI is InChI=1S/C26H39NO2/c1-25-11-8-20(29-14-3-13-27)16-19(25)4-5-21-23-7-6-22(18-10-15-28-17-18)26(23,2)12-9-24(21)25/h10,15-17,20-24H,3-9,11-14,27H2,1-2H3/t20-,21-,22+,23+,24-,25-,26+/m0/s1. The van der Waals surface area contributed by atoms with E-state index in [-0.39, 0.29) is 0 Å². The van der Waals surface area contributed by atoms with Crippen molar-refractivity contribution in [1.82, 2.24) is 0 Å². The van der Waals surface area contributed by atoms with Gasteiger partial charge in [-0.2, -0.15) is 0 Å². The molecule has 0 radical (unpaired) electrons. The van der Waals surface area contributed by atoms with Crippen LogP contribution in [-0.4, -0.2) is 19.3 Å². The smallest absolute Gasteiger partial charge is 0.0937 e. The average molecular weight is 398 g/mol. The third-order valence-electron chi connectivity index (χ3n) is 9.70. The first-order valence-electron chi connectivity index (χ1n) is 12.1. The van der Waals surface area contributed by atoms with Crippen LogP contribution in [0.5, 0.6) is 0 Å². The van der Waals surface area contributed by atoms with Crippen molar-refractivity contribution in [2.75, 3.05) is 13.2 Å². The molecule has 4 aliphatic rings. The van der Waals surface area contributed by atoms with E-state index in [1.54, 1.807) is 5.57 Å². The summed E-state index contributed by atoms with van der Waals surface area (Å²) in [6.45, 7) is 6.74. The fourth-order valence-electron chi connectivity index (χ4n) is 8.17. The molecule has 29 heavy (non-hydrogen) atoms. The van der Waals surface area contributed by atoms with E-state index >= 15 is 0 Å². The zero-order valence-corrected chi connectivity index (χ0v) is 18.4. The number of fused-ring (bicyclic) bond motifs is 5. The highest BCUT2D eigenvalue weighted by Gasteiger charge is 2.59. The second kappa shape index (κ2) is 7.57. The minimum absolute atomic E-state index is 0.326. The van der Waals surface area contributed by atoms with Gasteiger partial charge >= 0.3 is 0 Å². The summed E-state index contributed by atoms with van der Waals surface area (Å²) in [6.07, 6.45) is 18.4. The third kappa shape index (κ3) is 3.15. The molecule has 160 valence electrons. The number of furan rings is 1. The molecule has 0 amide bonds. The minimum atomic E-state index is 0.326. The maximum atomic E-state index is 6.13. The number of nitrogens with two attached hydrogens (primary N) is 1. The van der Waals surface area contributed by atoms with Crippen molar-refractivity contribution < 1.29 is 9.15 Å². The Kier molecular flexibility index (Phi) is 5.19. The van der Waals surface area contributed by atoms with E-state index in [4.69, 9.17) is 14.9 Å². The van der Waals surface area contributed by atoms with Gasteiger partial charge in [-0.3, -0.25) is 0 Å². The molecule has 0 spiro atoms. The highest BCUT2D eigenvalue weighted by molar-refractivity contribution is 5.27. The summed E-state index contributed by atoms with van der Waals surface area (Å²) in [7, 11) is 0. The molecule has 0 unspecified atom stereocenters. The molecule has 2 N–H and O–H groups in total. The Morgan fingerprint density at radius 3 is 2.79 bits per heavy atom. The molecule has 0 aromatic carbocycles. The first kappa shape index (κ1) is 19.9.